The second-order valence-corrected chi connectivity index (χ2v) is 5.50. The maximum atomic E-state index is 12.1. The standard InChI is InChI=1S/C17H16O6/c1-8-4-10-5-11-6-12(21-3)7-13(23-9(2)18)14(11)16(19)15(10)17(20)22-8/h5-8,19H,4H2,1-3H3. The number of fused-ring (bicyclic) bond motifs is 2. The molecule has 1 heterocycles. The fraction of sp³-hybridized carbons (Fsp3) is 0.294. The average molecular weight is 316 g/mol. The zero-order valence-electron chi connectivity index (χ0n) is 13.0. The summed E-state index contributed by atoms with van der Waals surface area (Å²) < 4.78 is 15.6. The fourth-order valence-corrected chi connectivity index (χ4v) is 2.85. The van der Waals surface area contributed by atoms with E-state index in [9.17, 15) is 14.7 Å². The van der Waals surface area contributed by atoms with Gasteiger partial charge in [0, 0.05) is 19.4 Å². The van der Waals surface area contributed by atoms with E-state index in [1.165, 1.54) is 20.1 Å². The molecule has 6 heteroatoms. The lowest BCUT2D eigenvalue weighted by molar-refractivity contribution is -0.131. The lowest BCUT2D eigenvalue weighted by Crippen LogP contribution is -2.25. The van der Waals surface area contributed by atoms with Gasteiger partial charge >= 0.3 is 11.9 Å². The number of methoxy groups -OCH3 is 1. The fourth-order valence-electron chi connectivity index (χ4n) is 2.85. The average Bonchev–Trinajstić information content (AvgIpc) is 2.44. The second-order valence-electron chi connectivity index (χ2n) is 5.50. The predicted molar refractivity (Wildman–Crippen MR) is 82.1 cm³/mol. The molecular weight excluding hydrogens is 300 g/mol. The van der Waals surface area contributed by atoms with Gasteiger partial charge < -0.3 is 19.3 Å². The number of carbonyl (C=O) groups is 2. The van der Waals surface area contributed by atoms with Crippen LogP contribution in [0.15, 0.2) is 18.2 Å². The van der Waals surface area contributed by atoms with Gasteiger partial charge in [0.2, 0.25) is 0 Å². The first-order valence-corrected chi connectivity index (χ1v) is 7.16. The van der Waals surface area contributed by atoms with Crippen molar-refractivity contribution in [1.29, 1.82) is 0 Å². The summed E-state index contributed by atoms with van der Waals surface area (Å²) in [6.07, 6.45) is 0.246. The molecule has 0 fully saturated rings. The first-order valence-electron chi connectivity index (χ1n) is 7.16. The second kappa shape index (κ2) is 5.46. The molecule has 0 saturated carbocycles. The maximum absolute atomic E-state index is 12.1. The van der Waals surface area contributed by atoms with E-state index in [1.54, 1.807) is 19.1 Å². The van der Waals surface area contributed by atoms with Crippen molar-refractivity contribution in [3.05, 3.63) is 29.3 Å². The van der Waals surface area contributed by atoms with Gasteiger partial charge in [0.1, 0.15) is 28.9 Å². The Bertz CT molecular complexity index is 824. The molecule has 1 N–H and O–H groups in total. The summed E-state index contributed by atoms with van der Waals surface area (Å²) in [5.74, 6) is -0.734. The third kappa shape index (κ3) is 2.56. The number of cyclic esters (lactones) is 1. The zero-order valence-corrected chi connectivity index (χ0v) is 13.0. The monoisotopic (exact) mass is 316 g/mol. The van der Waals surface area contributed by atoms with Crippen LogP contribution in [-0.4, -0.2) is 30.3 Å². The molecule has 0 aliphatic carbocycles. The van der Waals surface area contributed by atoms with Gasteiger partial charge in [-0.25, -0.2) is 4.79 Å². The van der Waals surface area contributed by atoms with Gasteiger partial charge in [0.25, 0.3) is 0 Å². The normalized spacial score (nSPS) is 16.7. The highest BCUT2D eigenvalue weighted by Gasteiger charge is 2.29. The van der Waals surface area contributed by atoms with E-state index in [2.05, 4.69) is 0 Å². The SMILES string of the molecule is COc1cc(OC(C)=O)c2c(O)c3c(cc2c1)CC(C)OC3=O. The van der Waals surface area contributed by atoms with E-state index in [0.29, 0.717) is 23.1 Å². The van der Waals surface area contributed by atoms with Crippen LogP contribution in [0.4, 0.5) is 0 Å². The smallest absolute Gasteiger partial charge is 0.342 e. The van der Waals surface area contributed by atoms with Gasteiger partial charge in [0.05, 0.1) is 12.5 Å². The van der Waals surface area contributed by atoms with Crippen molar-refractivity contribution in [2.24, 2.45) is 0 Å². The number of carbonyl (C=O) groups excluding carboxylic acids is 2. The van der Waals surface area contributed by atoms with Crippen molar-refractivity contribution in [2.45, 2.75) is 26.4 Å². The molecule has 1 atom stereocenters. The summed E-state index contributed by atoms with van der Waals surface area (Å²) in [5.41, 5.74) is 0.815. The molecule has 120 valence electrons. The molecule has 1 aliphatic heterocycles. The largest absolute Gasteiger partial charge is 0.506 e. The van der Waals surface area contributed by atoms with Gasteiger partial charge in [0.15, 0.2) is 0 Å². The molecule has 3 rings (SSSR count). The van der Waals surface area contributed by atoms with E-state index in [1.807, 2.05) is 0 Å². The summed E-state index contributed by atoms with van der Waals surface area (Å²) in [5, 5.41) is 11.5. The number of phenolic OH excluding ortho intramolecular Hbond substituents is 1. The summed E-state index contributed by atoms with van der Waals surface area (Å²) >= 11 is 0. The highest BCUT2D eigenvalue weighted by Crippen LogP contribution is 2.42. The Labute approximate surface area is 132 Å². The number of ether oxygens (including phenoxy) is 3. The highest BCUT2D eigenvalue weighted by molar-refractivity contribution is 6.06. The van der Waals surface area contributed by atoms with Gasteiger partial charge in [-0.05, 0) is 30.0 Å². The number of rotatable bonds is 2. The molecule has 2 aromatic rings. The highest BCUT2D eigenvalue weighted by atomic mass is 16.5. The van der Waals surface area contributed by atoms with Crippen LogP contribution < -0.4 is 9.47 Å². The van der Waals surface area contributed by atoms with E-state index < -0.39 is 11.9 Å². The molecule has 1 aliphatic rings. The van der Waals surface area contributed by atoms with Crippen molar-refractivity contribution >= 4 is 22.7 Å². The molecular formula is C17H16O6. The van der Waals surface area contributed by atoms with E-state index in [4.69, 9.17) is 14.2 Å². The van der Waals surface area contributed by atoms with Crippen molar-refractivity contribution in [2.75, 3.05) is 7.11 Å². The molecule has 0 bridgehead atoms. The minimum absolute atomic E-state index is 0.120. The third-order valence-corrected chi connectivity index (χ3v) is 3.74. The van der Waals surface area contributed by atoms with Crippen molar-refractivity contribution in [3.8, 4) is 17.2 Å². The summed E-state index contributed by atoms with van der Waals surface area (Å²) in [6.45, 7) is 3.05. The zero-order chi connectivity index (χ0) is 16.7. The van der Waals surface area contributed by atoms with Gasteiger partial charge in [-0.1, -0.05) is 0 Å². The number of benzene rings is 2. The maximum Gasteiger partial charge on any atom is 0.342 e. The molecule has 0 amide bonds. The molecule has 6 nitrogen and oxygen atoms in total. The minimum Gasteiger partial charge on any atom is -0.506 e. The first-order chi connectivity index (χ1) is 10.9. The van der Waals surface area contributed by atoms with Crippen molar-refractivity contribution in [3.63, 3.8) is 0 Å². The quantitative estimate of drug-likeness (QED) is 0.677. The number of phenols is 1. The Balaban J connectivity index is 2.33. The Morgan fingerprint density at radius 1 is 1.35 bits per heavy atom. The predicted octanol–water partition coefficient (Wildman–Crippen LogP) is 2.58. The molecule has 1 unspecified atom stereocenters. The summed E-state index contributed by atoms with van der Waals surface area (Å²) in [4.78, 5) is 23.4. The van der Waals surface area contributed by atoms with Crippen LogP contribution in [0.3, 0.4) is 0 Å². The van der Waals surface area contributed by atoms with Crippen molar-refractivity contribution in [1.82, 2.24) is 0 Å². The summed E-state index contributed by atoms with van der Waals surface area (Å²) in [6, 6.07) is 5.00. The first kappa shape index (κ1) is 15.1. The van der Waals surface area contributed by atoms with Gasteiger partial charge in [-0.3, -0.25) is 4.79 Å². The molecule has 0 aromatic heterocycles. The number of esters is 2. The Kier molecular flexibility index (Phi) is 3.60. The molecule has 0 spiro atoms. The topological polar surface area (TPSA) is 82.1 Å². The Morgan fingerprint density at radius 2 is 2.09 bits per heavy atom. The Morgan fingerprint density at radius 3 is 2.74 bits per heavy atom. The lowest BCUT2D eigenvalue weighted by Gasteiger charge is -2.23. The number of hydrogen-bond acceptors (Lipinski definition) is 6. The molecule has 23 heavy (non-hydrogen) atoms. The van der Waals surface area contributed by atoms with Crippen LogP contribution in [0.25, 0.3) is 10.8 Å². The lowest BCUT2D eigenvalue weighted by atomic mass is 9.93. The Hall–Kier alpha value is -2.76. The van der Waals surface area contributed by atoms with Crippen LogP contribution in [0, 0.1) is 0 Å². The minimum atomic E-state index is -0.581. The van der Waals surface area contributed by atoms with Crippen LogP contribution >= 0.6 is 0 Å². The van der Waals surface area contributed by atoms with Crippen LogP contribution in [0.1, 0.15) is 29.8 Å². The molecule has 0 radical (unpaired) electrons. The van der Waals surface area contributed by atoms with E-state index >= 15 is 0 Å². The van der Waals surface area contributed by atoms with Crippen molar-refractivity contribution < 1.29 is 28.9 Å². The number of aromatic hydroxyl groups is 1. The van der Waals surface area contributed by atoms with Crippen LogP contribution in [0.5, 0.6) is 17.2 Å². The third-order valence-electron chi connectivity index (χ3n) is 3.74. The van der Waals surface area contributed by atoms with E-state index in [0.717, 1.165) is 0 Å². The van der Waals surface area contributed by atoms with Crippen LogP contribution in [0.2, 0.25) is 0 Å². The molecule has 2 aromatic carbocycles. The number of hydrogen-bond donors (Lipinski definition) is 1. The molecule has 0 saturated heterocycles. The van der Waals surface area contributed by atoms with E-state index in [-0.39, 0.29) is 28.6 Å². The van der Waals surface area contributed by atoms with Crippen LogP contribution in [-0.2, 0) is 16.0 Å². The summed E-state index contributed by atoms with van der Waals surface area (Å²) in [7, 11) is 1.50. The van der Waals surface area contributed by atoms with Gasteiger partial charge in [-0.2, -0.15) is 0 Å². The van der Waals surface area contributed by atoms with Gasteiger partial charge in [-0.15, -0.1) is 0 Å².